The van der Waals surface area contributed by atoms with Gasteiger partial charge in [0, 0.05) is 25.7 Å². The molecule has 126 valence electrons. The van der Waals surface area contributed by atoms with Gasteiger partial charge in [0.2, 0.25) is 0 Å². The molecule has 1 fully saturated rings. The monoisotopic (exact) mass is 338 g/mol. The quantitative estimate of drug-likeness (QED) is 0.859. The molecule has 1 aliphatic heterocycles. The van der Waals surface area contributed by atoms with E-state index in [2.05, 4.69) is 9.71 Å². The summed E-state index contributed by atoms with van der Waals surface area (Å²) in [6, 6.07) is 7.61. The molecule has 2 aromatic rings. The topological polar surface area (TPSA) is 87.2 Å². The normalized spacial score (nSPS) is 17.8. The Morgan fingerprint density at radius 3 is 2.65 bits per heavy atom. The van der Waals surface area contributed by atoms with Crippen LogP contribution in [-0.2, 0) is 10.2 Å². The number of imidazole rings is 1. The Labute approximate surface area is 135 Å². The Morgan fingerprint density at radius 1 is 1.26 bits per heavy atom. The molecular formula is C15H22N4O3S. The number of rotatable bonds is 5. The predicted octanol–water partition coefficient (Wildman–Crippen LogP) is 1.21. The first-order valence-corrected chi connectivity index (χ1v) is 9.41. The molecule has 0 radical (unpaired) electrons. The van der Waals surface area contributed by atoms with E-state index in [0.29, 0.717) is 32.5 Å². The summed E-state index contributed by atoms with van der Waals surface area (Å²) >= 11 is 0. The third kappa shape index (κ3) is 3.19. The Bertz CT molecular complexity index is 832. The predicted molar refractivity (Wildman–Crippen MR) is 89.6 cm³/mol. The zero-order chi connectivity index (χ0) is 16.4. The van der Waals surface area contributed by atoms with Crippen LogP contribution in [0.3, 0.4) is 0 Å². The summed E-state index contributed by atoms with van der Waals surface area (Å²) in [4.78, 5) is 15.1. The van der Waals surface area contributed by atoms with Crippen molar-refractivity contribution in [3.63, 3.8) is 0 Å². The lowest BCUT2D eigenvalue weighted by Crippen LogP contribution is -2.46. The Kier molecular flexibility index (Phi) is 4.56. The van der Waals surface area contributed by atoms with Crippen molar-refractivity contribution in [1.82, 2.24) is 18.6 Å². The second-order valence-electron chi connectivity index (χ2n) is 5.85. The highest BCUT2D eigenvalue weighted by Crippen LogP contribution is 2.25. The lowest BCUT2D eigenvalue weighted by atomic mass is 10.1. The average Bonchev–Trinajstić information content (AvgIpc) is 2.89. The van der Waals surface area contributed by atoms with E-state index < -0.39 is 10.2 Å². The molecule has 0 saturated carbocycles. The molecule has 2 N–H and O–H groups in total. The highest BCUT2D eigenvalue weighted by atomic mass is 32.2. The molecule has 0 atom stereocenters. The molecule has 1 saturated heterocycles. The van der Waals surface area contributed by atoms with Gasteiger partial charge in [-0.05, 0) is 31.4 Å². The van der Waals surface area contributed by atoms with Crippen LogP contribution in [0.4, 0.5) is 0 Å². The van der Waals surface area contributed by atoms with Gasteiger partial charge in [-0.25, -0.2) is 9.52 Å². The second kappa shape index (κ2) is 6.46. The Balaban J connectivity index is 1.76. The number of hydrogen-bond acceptors (Lipinski definition) is 3. The summed E-state index contributed by atoms with van der Waals surface area (Å²) in [5.74, 6) is 0. The van der Waals surface area contributed by atoms with Crippen LogP contribution in [0.1, 0.15) is 32.2 Å². The number of nitrogens with zero attached hydrogens (tertiary/aromatic N) is 2. The number of hydrogen-bond donors (Lipinski definition) is 2. The van der Waals surface area contributed by atoms with E-state index in [4.69, 9.17) is 0 Å². The lowest BCUT2D eigenvalue weighted by Gasteiger charge is -2.31. The van der Waals surface area contributed by atoms with Crippen LogP contribution in [0.25, 0.3) is 11.0 Å². The van der Waals surface area contributed by atoms with E-state index in [1.807, 2.05) is 31.2 Å². The maximum Gasteiger partial charge on any atom is 0.326 e. The molecule has 0 amide bonds. The van der Waals surface area contributed by atoms with Gasteiger partial charge in [0.15, 0.2) is 0 Å². The van der Waals surface area contributed by atoms with Crippen molar-refractivity contribution >= 4 is 21.2 Å². The molecule has 0 bridgehead atoms. The van der Waals surface area contributed by atoms with Gasteiger partial charge in [-0.15, -0.1) is 0 Å². The van der Waals surface area contributed by atoms with E-state index >= 15 is 0 Å². The van der Waals surface area contributed by atoms with Gasteiger partial charge in [0.05, 0.1) is 11.0 Å². The summed E-state index contributed by atoms with van der Waals surface area (Å²) in [5.41, 5.74) is 1.57. The number of benzene rings is 1. The molecule has 0 aliphatic carbocycles. The van der Waals surface area contributed by atoms with Crippen molar-refractivity contribution in [2.24, 2.45) is 0 Å². The molecule has 23 heavy (non-hydrogen) atoms. The minimum atomic E-state index is -3.40. The number of nitrogens with one attached hydrogen (secondary N) is 2. The maximum atomic E-state index is 12.2. The van der Waals surface area contributed by atoms with Gasteiger partial charge in [-0.3, -0.25) is 4.57 Å². The van der Waals surface area contributed by atoms with E-state index in [0.717, 1.165) is 17.5 Å². The molecule has 0 spiro atoms. The first-order valence-electron chi connectivity index (χ1n) is 7.97. The number of para-hydroxylation sites is 2. The van der Waals surface area contributed by atoms with Crippen molar-refractivity contribution in [1.29, 1.82) is 0 Å². The Morgan fingerprint density at radius 2 is 1.96 bits per heavy atom. The maximum absolute atomic E-state index is 12.2. The third-order valence-corrected chi connectivity index (χ3v) is 5.90. The number of piperidine rings is 1. The van der Waals surface area contributed by atoms with Gasteiger partial charge in [0.1, 0.15) is 0 Å². The molecule has 8 heteroatoms. The molecule has 1 aromatic carbocycles. The fourth-order valence-electron chi connectivity index (χ4n) is 3.10. The van der Waals surface area contributed by atoms with Crippen LogP contribution in [0.15, 0.2) is 29.1 Å². The van der Waals surface area contributed by atoms with Gasteiger partial charge in [0.25, 0.3) is 10.2 Å². The van der Waals surface area contributed by atoms with Crippen LogP contribution >= 0.6 is 0 Å². The minimum Gasteiger partial charge on any atom is -0.306 e. The first-order chi connectivity index (χ1) is 11.0. The zero-order valence-electron chi connectivity index (χ0n) is 13.2. The lowest BCUT2D eigenvalue weighted by molar-refractivity contribution is 0.272. The SMILES string of the molecule is CCCNS(=O)(=O)N1CCC(n2c(=O)[nH]c3ccccc32)CC1. The zero-order valence-corrected chi connectivity index (χ0v) is 14.0. The summed E-state index contributed by atoms with van der Waals surface area (Å²) in [5, 5.41) is 0. The summed E-state index contributed by atoms with van der Waals surface area (Å²) in [6.45, 7) is 3.23. The second-order valence-corrected chi connectivity index (χ2v) is 7.60. The molecule has 2 heterocycles. The van der Waals surface area contributed by atoms with Crippen LogP contribution in [-0.4, -0.2) is 41.9 Å². The highest BCUT2D eigenvalue weighted by Gasteiger charge is 2.29. The molecular weight excluding hydrogens is 316 g/mol. The molecule has 3 rings (SSSR count). The van der Waals surface area contributed by atoms with Crippen LogP contribution in [0.5, 0.6) is 0 Å². The van der Waals surface area contributed by atoms with E-state index in [9.17, 15) is 13.2 Å². The van der Waals surface area contributed by atoms with Crippen molar-refractivity contribution in [3.8, 4) is 0 Å². The van der Waals surface area contributed by atoms with Crippen LogP contribution in [0, 0.1) is 0 Å². The van der Waals surface area contributed by atoms with Crippen molar-refractivity contribution < 1.29 is 8.42 Å². The summed E-state index contributed by atoms with van der Waals surface area (Å²) in [7, 11) is -3.40. The Hall–Kier alpha value is -1.64. The third-order valence-electron chi connectivity index (χ3n) is 4.29. The average molecular weight is 338 g/mol. The van der Waals surface area contributed by atoms with Gasteiger partial charge >= 0.3 is 5.69 Å². The molecule has 7 nitrogen and oxygen atoms in total. The van der Waals surface area contributed by atoms with Crippen molar-refractivity contribution in [2.75, 3.05) is 19.6 Å². The first kappa shape index (κ1) is 16.2. The standard InChI is InChI=1S/C15H22N4O3S/c1-2-9-16-23(21,22)18-10-7-12(8-11-18)19-14-6-4-3-5-13(14)17-15(19)20/h3-6,12,16H,2,7-11H2,1H3,(H,17,20). The van der Waals surface area contributed by atoms with Gasteiger partial charge in [-0.1, -0.05) is 19.1 Å². The highest BCUT2D eigenvalue weighted by molar-refractivity contribution is 7.87. The van der Waals surface area contributed by atoms with Crippen molar-refractivity contribution in [2.45, 2.75) is 32.2 Å². The van der Waals surface area contributed by atoms with Crippen LogP contribution < -0.4 is 10.4 Å². The summed E-state index contributed by atoms with van der Waals surface area (Å²) < 4.78 is 30.1. The smallest absolute Gasteiger partial charge is 0.306 e. The molecule has 1 aliphatic rings. The van der Waals surface area contributed by atoms with Crippen LogP contribution in [0.2, 0.25) is 0 Å². The van der Waals surface area contributed by atoms with E-state index in [-0.39, 0.29) is 11.7 Å². The minimum absolute atomic E-state index is 0.0243. The number of H-pyrrole nitrogens is 1. The molecule has 1 aromatic heterocycles. The number of aromatic amines is 1. The largest absolute Gasteiger partial charge is 0.326 e. The van der Waals surface area contributed by atoms with E-state index in [1.54, 1.807) is 4.57 Å². The fraction of sp³-hybridized carbons (Fsp3) is 0.533. The number of fused-ring (bicyclic) bond motifs is 1. The van der Waals surface area contributed by atoms with E-state index in [1.165, 1.54) is 4.31 Å². The summed E-state index contributed by atoms with van der Waals surface area (Å²) in [6.07, 6.45) is 2.03. The van der Waals surface area contributed by atoms with Gasteiger partial charge in [-0.2, -0.15) is 12.7 Å². The van der Waals surface area contributed by atoms with Crippen molar-refractivity contribution in [3.05, 3.63) is 34.7 Å². The van der Waals surface area contributed by atoms with Gasteiger partial charge < -0.3 is 4.98 Å². The fourth-order valence-corrected chi connectivity index (χ4v) is 4.44. The molecule has 0 unspecified atom stereocenters. The number of aromatic nitrogens is 2.